The van der Waals surface area contributed by atoms with Crippen molar-refractivity contribution in [3.8, 4) is 11.1 Å². The number of hydrogen-bond acceptors (Lipinski definition) is 0. The van der Waals surface area contributed by atoms with E-state index in [1.165, 1.54) is 49.7 Å². The fraction of sp³-hybridized carbons (Fsp3) is 0.379. The highest BCUT2D eigenvalue weighted by atomic mass is 19.1. The Morgan fingerprint density at radius 3 is 2.40 bits per heavy atom. The third kappa shape index (κ3) is 4.51. The third-order valence-corrected chi connectivity index (χ3v) is 6.94. The Morgan fingerprint density at radius 2 is 1.70 bits per heavy atom. The van der Waals surface area contributed by atoms with Crippen LogP contribution in [0.5, 0.6) is 0 Å². The topological polar surface area (TPSA) is 0 Å². The molecule has 0 N–H and O–H groups in total. The fourth-order valence-electron chi connectivity index (χ4n) is 5.00. The lowest BCUT2D eigenvalue weighted by molar-refractivity contribution is 0.312. The second kappa shape index (κ2) is 9.60. The van der Waals surface area contributed by atoms with Crippen molar-refractivity contribution < 1.29 is 4.39 Å². The average molecular weight is 401 g/mol. The maximum atomic E-state index is 15.2. The van der Waals surface area contributed by atoms with Gasteiger partial charge >= 0.3 is 0 Å². The molecule has 156 valence electrons. The van der Waals surface area contributed by atoms with Crippen molar-refractivity contribution in [1.29, 1.82) is 0 Å². The molecular weight excluding hydrogens is 367 g/mol. The number of rotatable bonds is 6. The smallest absolute Gasteiger partial charge is 0.138 e. The fourth-order valence-corrected chi connectivity index (χ4v) is 5.00. The van der Waals surface area contributed by atoms with Crippen LogP contribution in [0, 0.1) is 11.7 Å². The summed E-state index contributed by atoms with van der Waals surface area (Å²) < 4.78 is 15.2. The highest BCUT2D eigenvalue weighted by molar-refractivity contribution is 5.88. The van der Waals surface area contributed by atoms with Crippen molar-refractivity contribution in [2.75, 3.05) is 0 Å². The van der Waals surface area contributed by atoms with Crippen molar-refractivity contribution in [3.05, 3.63) is 83.7 Å². The molecular formula is C29H33F. The molecule has 1 heteroatoms. The van der Waals surface area contributed by atoms with Gasteiger partial charge in [-0.05, 0) is 85.8 Å². The molecule has 0 radical (unpaired) electrons. The zero-order valence-electron chi connectivity index (χ0n) is 18.3. The summed E-state index contributed by atoms with van der Waals surface area (Å²) in [4.78, 5) is 0. The Bertz CT molecular complexity index is 1000. The standard InChI is InChI=1S/C29H33F/c1-3-5-6-7-22-8-11-23(12-9-22)24-13-15-25(16-14-24)27-19-17-26-20-21(4-2)10-18-28(26)29(27)30/h3,5,10,13-20,22-23H,4,6-9,11-12H2,1-2H3/b5-3+. The van der Waals surface area contributed by atoms with Crippen LogP contribution in [0.15, 0.2) is 66.7 Å². The molecule has 0 spiro atoms. The van der Waals surface area contributed by atoms with Crippen LogP contribution in [0.3, 0.4) is 0 Å². The third-order valence-electron chi connectivity index (χ3n) is 6.94. The monoisotopic (exact) mass is 400 g/mol. The van der Waals surface area contributed by atoms with E-state index in [0.29, 0.717) is 16.9 Å². The van der Waals surface area contributed by atoms with Crippen molar-refractivity contribution in [1.82, 2.24) is 0 Å². The van der Waals surface area contributed by atoms with E-state index in [0.717, 1.165) is 23.3 Å². The second-order valence-corrected chi connectivity index (χ2v) is 8.82. The lowest BCUT2D eigenvalue weighted by Crippen LogP contribution is -2.13. The Morgan fingerprint density at radius 1 is 0.933 bits per heavy atom. The Labute approximate surface area is 180 Å². The molecule has 0 amide bonds. The number of hydrogen-bond donors (Lipinski definition) is 0. The second-order valence-electron chi connectivity index (χ2n) is 8.82. The molecule has 0 unspecified atom stereocenters. The SMILES string of the molecule is C/C=C/CCC1CCC(c2ccc(-c3ccc4cc(CC)ccc4c3F)cc2)CC1. The van der Waals surface area contributed by atoms with Crippen LogP contribution in [-0.2, 0) is 6.42 Å². The molecule has 0 aliphatic heterocycles. The van der Waals surface area contributed by atoms with Gasteiger partial charge in [0.2, 0.25) is 0 Å². The number of halogens is 1. The van der Waals surface area contributed by atoms with Crippen molar-refractivity contribution in [3.63, 3.8) is 0 Å². The molecule has 30 heavy (non-hydrogen) atoms. The lowest BCUT2D eigenvalue weighted by Gasteiger charge is -2.28. The van der Waals surface area contributed by atoms with Gasteiger partial charge in [-0.2, -0.15) is 0 Å². The summed E-state index contributed by atoms with van der Waals surface area (Å²) in [6.45, 7) is 4.23. The zero-order chi connectivity index (χ0) is 20.9. The number of allylic oxidation sites excluding steroid dienone is 2. The van der Waals surface area contributed by atoms with Crippen LogP contribution in [0.1, 0.15) is 69.4 Å². The van der Waals surface area contributed by atoms with Gasteiger partial charge in [0.1, 0.15) is 5.82 Å². The Kier molecular flexibility index (Phi) is 6.67. The normalized spacial score (nSPS) is 19.6. The van der Waals surface area contributed by atoms with Gasteiger partial charge in [0.25, 0.3) is 0 Å². The first-order chi connectivity index (χ1) is 14.7. The summed E-state index contributed by atoms with van der Waals surface area (Å²) in [7, 11) is 0. The summed E-state index contributed by atoms with van der Waals surface area (Å²) in [5, 5.41) is 1.70. The van der Waals surface area contributed by atoms with Gasteiger partial charge in [0.05, 0.1) is 0 Å². The minimum absolute atomic E-state index is 0.107. The van der Waals surface area contributed by atoms with Crippen molar-refractivity contribution >= 4 is 10.8 Å². The number of benzene rings is 3. The lowest BCUT2D eigenvalue weighted by atomic mass is 9.77. The van der Waals surface area contributed by atoms with Crippen LogP contribution in [0.2, 0.25) is 0 Å². The summed E-state index contributed by atoms with van der Waals surface area (Å²) in [5.74, 6) is 1.44. The van der Waals surface area contributed by atoms with E-state index in [9.17, 15) is 0 Å². The molecule has 1 saturated carbocycles. The van der Waals surface area contributed by atoms with Gasteiger partial charge in [-0.15, -0.1) is 0 Å². The first-order valence-corrected chi connectivity index (χ1v) is 11.6. The van der Waals surface area contributed by atoms with Crippen LogP contribution >= 0.6 is 0 Å². The summed E-state index contributed by atoms with van der Waals surface area (Å²) in [6.07, 6.45) is 13.2. The summed E-state index contributed by atoms with van der Waals surface area (Å²) in [5.41, 5.74) is 4.33. The molecule has 3 aromatic carbocycles. The van der Waals surface area contributed by atoms with E-state index in [1.807, 2.05) is 18.2 Å². The van der Waals surface area contributed by atoms with Crippen molar-refractivity contribution in [2.24, 2.45) is 5.92 Å². The molecule has 0 nitrogen and oxygen atoms in total. The van der Waals surface area contributed by atoms with E-state index in [-0.39, 0.29) is 5.82 Å². The van der Waals surface area contributed by atoms with E-state index < -0.39 is 0 Å². The van der Waals surface area contributed by atoms with Gasteiger partial charge in [0.15, 0.2) is 0 Å². The van der Waals surface area contributed by atoms with Crippen LogP contribution in [-0.4, -0.2) is 0 Å². The van der Waals surface area contributed by atoms with E-state index in [4.69, 9.17) is 0 Å². The average Bonchev–Trinajstić information content (AvgIpc) is 2.80. The largest absolute Gasteiger partial charge is 0.206 e. The molecule has 3 aromatic rings. The number of fused-ring (bicyclic) bond motifs is 1. The van der Waals surface area contributed by atoms with Gasteiger partial charge in [-0.1, -0.05) is 73.7 Å². The zero-order valence-corrected chi connectivity index (χ0v) is 18.3. The minimum Gasteiger partial charge on any atom is -0.206 e. The van der Waals surface area contributed by atoms with E-state index in [1.54, 1.807) is 0 Å². The Balaban J connectivity index is 1.47. The molecule has 0 heterocycles. The first-order valence-electron chi connectivity index (χ1n) is 11.6. The van der Waals surface area contributed by atoms with Crippen LogP contribution in [0.25, 0.3) is 21.9 Å². The summed E-state index contributed by atoms with van der Waals surface area (Å²) >= 11 is 0. The molecule has 0 atom stereocenters. The van der Waals surface area contributed by atoms with Crippen LogP contribution < -0.4 is 0 Å². The Hall–Kier alpha value is -2.41. The predicted octanol–water partition coefficient (Wildman–Crippen LogP) is 8.84. The minimum atomic E-state index is -0.107. The predicted molar refractivity (Wildman–Crippen MR) is 127 cm³/mol. The van der Waals surface area contributed by atoms with Gasteiger partial charge < -0.3 is 0 Å². The maximum Gasteiger partial charge on any atom is 0.138 e. The molecule has 1 aliphatic carbocycles. The summed E-state index contributed by atoms with van der Waals surface area (Å²) in [6, 6.07) is 18.7. The quantitative estimate of drug-likeness (QED) is 0.362. The highest BCUT2D eigenvalue weighted by Gasteiger charge is 2.22. The molecule has 0 saturated heterocycles. The molecule has 0 bridgehead atoms. The molecule has 4 rings (SSSR count). The van der Waals surface area contributed by atoms with Gasteiger partial charge in [-0.25, -0.2) is 4.39 Å². The van der Waals surface area contributed by atoms with E-state index >= 15 is 4.39 Å². The first kappa shape index (κ1) is 20.8. The highest BCUT2D eigenvalue weighted by Crippen LogP contribution is 2.38. The molecule has 1 fully saturated rings. The van der Waals surface area contributed by atoms with Crippen LogP contribution in [0.4, 0.5) is 4.39 Å². The molecule has 1 aliphatic rings. The van der Waals surface area contributed by atoms with Crippen molar-refractivity contribution in [2.45, 2.75) is 64.7 Å². The van der Waals surface area contributed by atoms with Gasteiger partial charge in [-0.3, -0.25) is 0 Å². The molecule has 0 aromatic heterocycles. The maximum absolute atomic E-state index is 15.2. The van der Waals surface area contributed by atoms with E-state index in [2.05, 4.69) is 62.4 Å². The van der Waals surface area contributed by atoms with Gasteiger partial charge in [0, 0.05) is 10.9 Å². The number of aryl methyl sites for hydroxylation is 1.